The van der Waals surface area contributed by atoms with Gasteiger partial charge in [-0.15, -0.1) is 0 Å². The van der Waals surface area contributed by atoms with E-state index in [2.05, 4.69) is 38.4 Å². The zero-order valence-corrected chi connectivity index (χ0v) is 47.3. The zero-order valence-electron chi connectivity index (χ0n) is 47.3. The molecule has 6 rings (SSSR count). The fourth-order valence-electron chi connectivity index (χ4n) is 10.8. The molecule has 4 aromatic rings. The van der Waals surface area contributed by atoms with Crippen LogP contribution < -0.4 is 59.7 Å². The first kappa shape index (κ1) is 61.9. The van der Waals surface area contributed by atoms with Crippen LogP contribution in [-0.2, 0) is 44.7 Å². The Labute approximate surface area is 450 Å². The Bertz CT molecular complexity index is 2350. The normalized spacial score (nSPS) is 18.4. The first-order valence-corrected chi connectivity index (χ1v) is 25.5. The third kappa shape index (κ3) is 14.7. The summed E-state index contributed by atoms with van der Waals surface area (Å²) in [5.41, 5.74) is 6.93. The SMILES string of the molecule is COc1cc2c(cc1OC)C(Cc1cc(OC)c(OC)c(OC)c1)[N+](C)(CCCOC(=O)CC/C=C/CCC(=O)OCCC[N+]1(C)CCc3cc(OC)c(OC)cc3C1Cc1cc(OC)c(OC)c(OC)c1)CC2.N.N. The van der Waals surface area contributed by atoms with Gasteiger partial charge in [0.15, 0.2) is 46.0 Å². The lowest BCUT2D eigenvalue weighted by Crippen LogP contribution is -2.52. The van der Waals surface area contributed by atoms with Gasteiger partial charge in [-0.1, -0.05) is 12.2 Å². The highest BCUT2D eigenvalue weighted by molar-refractivity contribution is 5.70. The van der Waals surface area contributed by atoms with Gasteiger partial charge in [-0.25, -0.2) is 0 Å². The Hall–Kier alpha value is -6.60. The average Bonchev–Trinajstić information content (AvgIpc) is 3.42. The molecule has 4 aromatic carbocycles. The molecule has 0 spiro atoms. The summed E-state index contributed by atoms with van der Waals surface area (Å²) in [6.07, 6.45) is 9.94. The van der Waals surface area contributed by atoms with Gasteiger partial charge in [0, 0.05) is 62.5 Å². The van der Waals surface area contributed by atoms with Gasteiger partial charge in [0.25, 0.3) is 0 Å². The van der Waals surface area contributed by atoms with Crippen molar-refractivity contribution in [1.82, 2.24) is 12.3 Å². The first-order chi connectivity index (χ1) is 35.7. The quantitative estimate of drug-likeness (QED) is 0.0234. The van der Waals surface area contributed by atoms with Gasteiger partial charge in [-0.05, 0) is 83.6 Å². The second-order valence-electron chi connectivity index (χ2n) is 19.4. The topological polar surface area (TPSA) is 215 Å². The van der Waals surface area contributed by atoms with Crippen LogP contribution >= 0.6 is 0 Å². The Balaban J connectivity index is 0.00000624. The van der Waals surface area contributed by atoms with Crippen molar-refractivity contribution in [2.24, 2.45) is 0 Å². The molecule has 2 aliphatic rings. The minimum Gasteiger partial charge on any atom is -0.493 e. The number of methoxy groups -OCH3 is 10. The third-order valence-corrected chi connectivity index (χ3v) is 15.0. The van der Waals surface area contributed by atoms with Crippen molar-refractivity contribution in [3.05, 3.63) is 94.1 Å². The maximum atomic E-state index is 12.9. The standard InChI is InChI=1S/C58H80N2O14.2H3N/c1-59(25-21-41-35-47(63-3)49(65-5)37-43(41)45(59)29-39-31-51(67-7)57(71-11)52(32-39)68-8)23-17-27-73-55(61)19-15-13-14-16-20-56(62)74-28-18-24-60(2)26-22-42-36-48(64-4)50(66-6)38-44(42)46(60)30-40-33-53(69-9)58(72-12)54(34-40)70-10;;/h13-14,31-38,45-46H,15-30H2,1-12H3;2*1H3/q+2;;/b14-13+;;. The predicted octanol–water partition coefficient (Wildman–Crippen LogP) is 9.35. The van der Waals surface area contributed by atoms with E-state index in [1.54, 1.807) is 71.1 Å². The lowest BCUT2D eigenvalue weighted by atomic mass is 9.86. The summed E-state index contributed by atoms with van der Waals surface area (Å²) in [7, 11) is 20.9. The number of fused-ring (bicyclic) bond motifs is 2. The van der Waals surface area contributed by atoms with Crippen molar-refractivity contribution in [1.29, 1.82) is 0 Å². The molecule has 2 aliphatic heterocycles. The number of allylic oxidation sites excluding steroid dienone is 2. The molecule has 2 heterocycles. The van der Waals surface area contributed by atoms with Crippen LogP contribution in [0.4, 0.5) is 0 Å². The molecule has 76 heavy (non-hydrogen) atoms. The Kier molecular flexibility index (Phi) is 23.7. The van der Waals surface area contributed by atoms with E-state index in [1.807, 2.05) is 36.4 Å². The highest BCUT2D eigenvalue weighted by atomic mass is 16.6. The molecular weight excluding hydrogens is 977 g/mol. The molecule has 0 aliphatic carbocycles. The van der Waals surface area contributed by atoms with Gasteiger partial charge >= 0.3 is 11.9 Å². The predicted molar refractivity (Wildman–Crippen MR) is 292 cm³/mol. The van der Waals surface area contributed by atoms with E-state index in [1.165, 1.54) is 22.3 Å². The molecular formula is C58H86N4O14+2. The van der Waals surface area contributed by atoms with E-state index < -0.39 is 0 Å². The zero-order chi connectivity index (χ0) is 53.4. The fourth-order valence-corrected chi connectivity index (χ4v) is 10.8. The summed E-state index contributed by atoms with van der Waals surface area (Å²) >= 11 is 0. The van der Waals surface area contributed by atoms with E-state index >= 15 is 0 Å². The van der Waals surface area contributed by atoms with Crippen molar-refractivity contribution >= 4 is 11.9 Å². The lowest BCUT2D eigenvalue weighted by Gasteiger charge is -2.46. The number of carbonyl (C=O) groups excluding carboxylic acids is 2. The van der Waals surface area contributed by atoms with Crippen LogP contribution in [0.15, 0.2) is 60.7 Å². The molecule has 18 nitrogen and oxygen atoms in total. The maximum absolute atomic E-state index is 12.9. The summed E-state index contributed by atoms with van der Waals surface area (Å²) in [6, 6.07) is 16.5. The van der Waals surface area contributed by atoms with Crippen molar-refractivity contribution in [3.8, 4) is 57.5 Å². The fraction of sp³-hybridized carbons (Fsp3) is 0.517. The van der Waals surface area contributed by atoms with Crippen molar-refractivity contribution < 1.29 is 75.4 Å². The molecule has 0 aromatic heterocycles. The van der Waals surface area contributed by atoms with Crippen LogP contribution in [0.3, 0.4) is 0 Å². The molecule has 4 unspecified atom stereocenters. The second-order valence-corrected chi connectivity index (χ2v) is 19.4. The molecule has 0 saturated heterocycles. The van der Waals surface area contributed by atoms with Gasteiger partial charge in [0.1, 0.15) is 12.1 Å². The first-order valence-electron chi connectivity index (χ1n) is 25.5. The molecule has 0 bridgehead atoms. The Morgan fingerprint density at radius 3 is 1.08 bits per heavy atom. The van der Waals surface area contributed by atoms with E-state index in [0.717, 1.165) is 59.1 Å². The Morgan fingerprint density at radius 2 is 0.776 bits per heavy atom. The van der Waals surface area contributed by atoms with E-state index in [9.17, 15) is 9.59 Å². The number of hydrogen-bond donors (Lipinski definition) is 2. The highest BCUT2D eigenvalue weighted by Crippen LogP contribution is 2.47. The number of hydrogen-bond acceptors (Lipinski definition) is 16. The number of carbonyl (C=O) groups is 2. The summed E-state index contributed by atoms with van der Waals surface area (Å²) in [4.78, 5) is 25.7. The van der Waals surface area contributed by atoms with Crippen molar-refractivity contribution in [2.75, 3.05) is 125 Å². The number of benzene rings is 4. The molecule has 4 atom stereocenters. The second kappa shape index (κ2) is 29.1. The minimum absolute atomic E-state index is 0. The molecule has 18 heteroatoms. The number of quaternary nitrogens is 2. The largest absolute Gasteiger partial charge is 0.493 e. The van der Waals surface area contributed by atoms with Crippen molar-refractivity contribution in [3.63, 3.8) is 0 Å². The van der Waals surface area contributed by atoms with Gasteiger partial charge < -0.3 is 78.1 Å². The molecule has 0 saturated carbocycles. The van der Waals surface area contributed by atoms with Gasteiger partial charge in [-0.2, -0.15) is 0 Å². The highest BCUT2D eigenvalue weighted by Gasteiger charge is 2.42. The van der Waals surface area contributed by atoms with E-state index in [0.29, 0.717) is 109 Å². The molecule has 0 amide bonds. The average molecular weight is 1060 g/mol. The number of rotatable bonds is 28. The van der Waals surface area contributed by atoms with Gasteiger partial charge in [0.2, 0.25) is 11.5 Å². The number of ether oxygens (including phenoxy) is 12. The van der Waals surface area contributed by atoms with Gasteiger partial charge in [-0.3, -0.25) is 9.59 Å². The van der Waals surface area contributed by atoms with Crippen molar-refractivity contribution in [2.45, 2.75) is 76.3 Å². The Morgan fingerprint density at radius 1 is 0.461 bits per heavy atom. The molecule has 0 fully saturated rings. The summed E-state index contributed by atoms with van der Waals surface area (Å²) in [5.74, 6) is 5.81. The summed E-state index contributed by atoms with van der Waals surface area (Å²) in [5, 5.41) is 0. The molecule has 6 N–H and O–H groups in total. The van der Waals surface area contributed by atoms with Gasteiger partial charge in [0.05, 0.1) is 125 Å². The van der Waals surface area contributed by atoms with Crippen LogP contribution in [0.25, 0.3) is 0 Å². The van der Waals surface area contributed by atoms with E-state index in [4.69, 9.17) is 56.8 Å². The molecule has 0 radical (unpaired) electrons. The number of likely N-dealkylation sites (N-methyl/N-ethyl adjacent to an activating group) is 2. The van der Waals surface area contributed by atoms with Crippen LogP contribution in [0.5, 0.6) is 57.5 Å². The summed E-state index contributed by atoms with van der Waals surface area (Å²) in [6.45, 7) is 4.02. The molecule has 420 valence electrons. The third-order valence-electron chi connectivity index (χ3n) is 15.0. The minimum atomic E-state index is -0.246. The van der Waals surface area contributed by atoms with Crippen LogP contribution in [-0.4, -0.2) is 145 Å². The van der Waals surface area contributed by atoms with Crippen LogP contribution in [0.1, 0.15) is 84.0 Å². The van der Waals surface area contributed by atoms with Crippen LogP contribution in [0, 0.1) is 0 Å². The summed E-state index contributed by atoms with van der Waals surface area (Å²) < 4.78 is 69.8. The monoisotopic (exact) mass is 1060 g/mol. The van der Waals surface area contributed by atoms with Crippen LogP contribution in [0.2, 0.25) is 0 Å². The number of nitrogens with zero attached hydrogens (tertiary/aromatic N) is 2. The lowest BCUT2D eigenvalue weighted by molar-refractivity contribution is -0.941. The smallest absolute Gasteiger partial charge is 0.306 e. The number of esters is 2. The van der Waals surface area contributed by atoms with E-state index in [-0.39, 0.29) is 49.2 Å². The maximum Gasteiger partial charge on any atom is 0.306 e.